The monoisotopic (exact) mass is 231 g/mol. The highest BCUT2D eigenvalue weighted by Crippen LogP contribution is 2.12. The van der Waals surface area contributed by atoms with Gasteiger partial charge >= 0.3 is 12.0 Å². The Hall–Kier alpha value is -1.79. The third kappa shape index (κ3) is 5.18. The first kappa shape index (κ1) is 14.2. The van der Waals surface area contributed by atoms with Crippen LogP contribution < -0.4 is 16.0 Å². The maximum absolute atomic E-state index is 11.3. The maximum Gasteiger partial charge on any atom is 0.323 e. The summed E-state index contributed by atoms with van der Waals surface area (Å²) in [4.78, 5) is 32.6. The van der Waals surface area contributed by atoms with E-state index in [1.54, 1.807) is 13.8 Å². The van der Waals surface area contributed by atoms with Gasteiger partial charge in [-0.05, 0) is 13.8 Å². The molecule has 0 heterocycles. The van der Waals surface area contributed by atoms with Gasteiger partial charge in [0, 0.05) is 13.6 Å². The molecule has 0 fully saturated rings. The topological polar surface area (TPSA) is 108 Å². The van der Waals surface area contributed by atoms with Gasteiger partial charge in [0.25, 0.3) is 0 Å². The lowest BCUT2D eigenvalue weighted by atomic mass is 9.92. The van der Waals surface area contributed by atoms with Gasteiger partial charge < -0.3 is 21.1 Å². The molecular weight excluding hydrogens is 214 g/mol. The Kier molecular flexibility index (Phi) is 5.27. The zero-order valence-electron chi connectivity index (χ0n) is 9.59. The number of urea groups is 1. The van der Waals surface area contributed by atoms with Gasteiger partial charge in [0.2, 0.25) is 5.91 Å². The van der Waals surface area contributed by atoms with Crippen molar-refractivity contribution in [3.8, 4) is 0 Å². The molecule has 0 saturated heterocycles. The first-order chi connectivity index (χ1) is 7.29. The molecule has 0 aliphatic rings. The minimum Gasteiger partial charge on any atom is -0.480 e. The van der Waals surface area contributed by atoms with E-state index in [1.807, 2.05) is 0 Å². The van der Waals surface area contributed by atoms with E-state index in [-0.39, 0.29) is 12.5 Å². The number of carbonyl (C=O) groups excluding carboxylic acids is 2. The molecule has 0 spiro atoms. The lowest BCUT2D eigenvalue weighted by molar-refractivity contribution is -0.135. The molecule has 0 aromatic carbocycles. The second kappa shape index (κ2) is 5.94. The Morgan fingerprint density at radius 2 is 1.75 bits per heavy atom. The zero-order valence-corrected chi connectivity index (χ0v) is 9.59. The van der Waals surface area contributed by atoms with Crippen LogP contribution in [0, 0.1) is 5.41 Å². The van der Waals surface area contributed by atoms with Crippen molar-refractivity contribution in [2.24, 2.45) is 5.41 Å². The average Bonchev–Trinajstić information content (AvgIpc) is 2.22. The van der Waals surface area contributed by atoms with Crippen molar-refractivity contribution >= 4 is 17.9 Å². The predicted molar refractivity (Wildman–Crippen MR) is 56.9 cm³/mol. The highest BCUT2D eigenvalue weighted by Gasteiger charge is 2.26. The van der Waals surface area contributed by atoms with Crippen LogP contribution in [0.2, 0.25) is 0 Å². The second-order valence-corrected chi connectivity index (χ2v) is 3.89. The molecule has 0 saturated carbocycles. The summed E-state index contributed by atoms with van der Waals surface area (Å²) >= 11 is 0. The van der Waals surface area contributed by atoms with E-state index in [9.17, 15) is 14.4 Å². The van der Waals surface area contributed by atoms with E-state index in [0.29, 0.717) is 0 Å². The van der Waals surface area contributed by atoms with E-state index in [4.69, 9.17) is 5.11 Å². The number of rotatable bonds is 5. The molecule has 0 rings (SSSR count). The predicted octanol–water partition coefficient (Wildman–Crippen LogP) is -0.858. The van der Waals surface area contributed by atoms with Crippen LogP contribution in [0.25, 0.3) is 0 Å². The summed E-state index contributed by atoms with van der Waals surface area (Å²) in [7, 11) is 1.51. The lowest BCUT2D eigenvalue weighted by Crippen LogP contribution is -2.47. The minimum absolute atomic E-state index is 0.123. The largest absolute Gasteiger partial charge is 0.480 e. The Labute approximate surface area is 93.6 Å². The zero-order chi connectivity index (χ0) is 12.8. The first-order valence-electron chi connectivity index (χ1n) is 4.75. The van der Waals surface area contributed by atoms with Gasteiger partial charge in [0.15, 0.2) is 0 Å². The van der Waals surface area contributed by atoms with Gasteiger partial charge in [-0.1, -0.05) is 0 Å². The molecule has 0 unspecified atom stereocenters. The van der Waals surface area contributed by atoms with Crippen LogP contribution in [0.1, 0.15) is 13.8 Å². The third-order valence-corrected chi connectivity index (χ3v) is 1.93. The maximum atomic E-state index is 11.3. The Morgan fingerprint density at radius 1 is 1.19 bits per heavy atom. The van der Waals surface area contributed by atoms with Gasteiger partial charge in [0.05, 0.1) is 5.41 Å². The molecule has 4 N–H and O–H groups in total. The molecule has 0 bridgehead atoms. The molecule has 7 heteroatoms. The van der Waals surface area contributed by atoms with Crippen LogP contribution in [0.5, 0.6) is 0 Å². The number of hydrogen-bond acceptors (Lipinski definition) is 3. The molecule has 0 radical (unpaired) electrons. The van der Waals surface area contributed by atoms with Crippen molar-refractivity contribution in [2.45, 2.75) is 13.8 Å². The number of carbonyl (C=O) groups is 3. The summed E-state index contributed by atoms with van der Waals surface area (Å²) in [6, 6.07) is -0.612. The van der Waals surface area contributed by atoms with Crippen LogP contribution in [0.15, 0.2) is 0 Å². The Bertz CT molecular complexity index is 288. The second-order valence-electron chi connectivity index (χ2n) is 3.89. The van der Waals surface area contributed by atoms with Crippen molar-refractivity contribution in [3.05, 3.63) is 0 Å². The molecule has 0 atom stereocenters. The fraction of sp³-hybridized carbons (Fsp3) is 0.667. The van der Waals surface area contributed by atoms with Gasteiger partial charge in [-0.25, -0.2) is 4.79 Å². The molecule has 0 aromatic heterocycles. The number of carboxylic acid groups (broad SMARTS) is 1. The molecule has 3 amide bonds. The number of aliphatic carboxylic acids is 1. The lowest BCUT2D eigenvalue weighted by Gasteiger charge is -2.22. The summed E-state index contributed by atoms with van der Waals surface area (Å²) < 4.78 is 0. The van der Waals surface area contributed by atoms with Crippen molar-refractivity contribution in [1.82, 2.24) is 16.0 Å². The number of nitrogens with one attached hydrogen (secondary N) is 3. The Balaban J connectivity index is 4.00. The van der Waals surface area contributed by atoms with Gasteiger partial charge in [-0.3, -0.25) is 9.59 Å². The molecule has 92 valence electrons. The van der Waals surface area contributed by atoms with E-state index in [1.165, 1.54) is 7.05 Å². The van der Waals surface area contributed by atoms with Crippen LogP contribution in [-0.4, -0.2) is 43.2 Å². The molecule has 0 aliphatic carbocycles. The summed E-state index contributed by atoms with van der Waals surface area (Å²) in [6.45, 7) is 3.01. The molecule has 16 heavy (non-hydrogen) atoms. The van der Waals surface area contributed by atoms with Crippen molar-refractivity contribution in [2.75, 3.05) is 20.1 Å². The standard InChI is InChI=1S/C9H17N3O4/c1-9(2,7(15)10-3)5-12-8(16)11-4-6(13)14/h4-5H2,1-3H3,(H,10,15)(H,13,14)(H2,11,12,16). The molecular formula is C9H17N3O4. The highest BCUT2D eigenvalue weighted by atomic mass is 16.4. The fourth-order valence-electron chi connectivity index (χ4n) is 0.938. The van der Waals surface area contributed by atoms with Gasteiger partial charge in [-0.15, -0.1) is 0 Å². The third-order valence-electron chi connectivity index (χ3n) is 1.93. The normalized spacial score (nSPS) is 10.4. The Morgan fingerprint density at radius 3 is 2.19 bits per heavy atom. The highest BCUT2D eigenvalue weighted by molar-refractivity contribution is 5.83. The average molecular weight is 231 g/mol. The van der Waals surface area contributed by atoms with Crippen molar-refractivity contribution in [1.29, 1.82) is 0 Å². The van der Waals surface area contributed by atoms with E-state index < -0.39 is 24.0 Å². The van der Waals surface area contributed by atoms with Crippen LogP contribution in [-0.2, 0) is 9.59 Å². The SMILES string of the molecule is CNC(=O)C(C)(C)CNC(=O)NCC(=O)O. The number of hydrogen-bond donors (Lipinski definition) is 4. The van der Waals surface area contributed by atoms with Crippen molar-refractivity contribution in [3.63, 3.8) is 0 Å². The fourth-order valence-corrected chi connectivity index (χ4v) is 0.938. The molecule has 7 nitrogen and oxygen atoms in total. The number of amides is 3. The smallest absolute Gasteiger partial charge is 0.323 e. The van der Waals surface area contributed by atoms with E-state index >= 15 is 0 Å². The summed E-state index contributed by atoms with van der Waals surface area (Å²) in [6.07, 6.45) is 0. The van der Waals surface area contributed by atoms with Crippen LogP contribution >= 0.6 is 0 Å². The van der Waals surface area contributed by atoms with Crippen molar-refractivity contribution < 1.29 is 19.5 Å². The van der Waals surface area contributed by atoms with E-state index in [0.717, 1.165) is 0 Å². The summed E-state index contributed by atoms with van der Waals surface area (Å²) in [5.41, 5.74) is -0.741. The summed E-state index contributed by atoms with van der Waals surface area (Å²) in [5, 5.41) is 15.3. The molecule has 0 aromatic rings. The van der Waals surface area contributed by atoms with E-state index in [2.05, 4.69) is 16.0 Å². The summed E-state index contributed by atoms with van der Waals surface area (Å²) in [5.74, 6) is -1.33. The van der Waals surface area contributed by atoms with Gasteiger partial charge in [0.1, 0.15) is 6.54 Å². The quantitative estimate of drug-likeness (QED) is 0.494. The van der Waals surface area contributed by atoms with Crippen LogP contribution in [0.3, 0.4) is 0 Å². The molecule has 0 aliphatic heterocycles. The number of carboxylic acids is 1. The first-order valence-corrected chi connectivity index (χ1v) is 4.75. The van der Waals surface area contributed by atoms with Crippen LogP contribution in [0.4, 0.5) is 4.79 Å². The minimum atomic E-state index is -1.12. The van der Waals surface area contributed by atoms with Gasteiger partial charge in [-0.2, -0.15) is 0 Å².